The zero-order chi connectivity index (χ0) is 25.2. The van der Waals surface area contributed by atoms with Gasteiger partial charge in [0.1, 0.15) is 17.1 Å². The van der Waals surface area contributed by atoms with Gasteiger partial charge in [-0.05, 0) is 64.0 Å². The highest BCUT2D eigenvalue weighted by Gasteiger charge is 2.39. The molecule has 0 aliphatic carbocycles. The van der Waals surface area contributed by atoms with Crippen LogP contribution in [0.1, 0.15) is 58.4 Å². The van der Waals surface area contributed by atoms with Gasteiger partial charge < -0.3 is 14.6 Å². The number of hydrogen-bond donors (Lipinski definition) is 1. The fourth-order valence-corrected chi connectivity index (χ4v) is 5.69. The zero-order valence-electron chi connectivity index (χ0n) is 21.6. The monoisotopic (exact) mass is 476 g/mol. The first-order chi connectivity index (χ1) is 17.2. The van der Waals surface area contributed by atoms with Crippen molar-refractivity contribution in [1.82, 2.24) is 0 Å². The Morgan fingerprint density at radius 3 is 1.94 bits per heavy atom. The summed E-state index contributed by atoms with van der Waals surface area (Å²) in [6, 6.07) is 21.4. The van der Waals surface area contributed by atoms with Crippen LogP contribution in [0.15, 0.2) is 66.7 Å². The summed E-state index contributed by atoms with van der Waals surface area (Å²) in [5.41, 5.74) is 7.71. The summed E-state index contributed by atoms with van der Waals surface area (Å²) in [5, 5.41) is 12.4. The lowest BCUT2D eigenvalue weighted by molar-refractivity contribution is 0.140. The van der Waals surface area contributed by atoms with Gasteiger partial charge in [-0.15, -0.1) is 0 Å². The molecule has 2 heterocycles. The maximum absolute atomic E-state index is 10.4. The van der Waals surface area contributed by atoms with E-state index in [4.69, 9.17) is 9.47 Å². The van der Waals surface area contributed by atoms with Crippen molar-refractivity contribution >= 4 is 16.8 Å². The molecule has 3 nitrogen and oxygen atoms in total. The standard InChI is InChI=1S/C33H32O3/c1-20-6-10-24(11-7-20)33(25-12-8-21(2)9-13-25)15-14-26-23(19-34)17-28-27(30(26)36-33)16-22(3)29-18-32(4,5)35-31(28)29/h6-17,34H,18-19H2,1-5H3. The molecule has 0 saturated carbocycles. The third-order valence-corrected chi connectivity index (χ3v) is 7.66. The third-order valence-electron chi connectivity index (χ3n) is 7.66. The summed E-state index contributed by atoms with van der Waals surface area (Å²) in [7, 11) is 0. The van der Waals surface area contributed by atoms with Gasteiger partial charge in [-0.3, -0.25) is 0 Å². The van der Waals surface area contributed by atoms with Gasteiger partial charge in [-0.2, -0.15) is 0 Å². The molecule has 0 amide bonds. The van der Waals surface area contributed by atoms with E-state index in [1.165, 1.54) is 22.3 Å². The number of aryl methyl sites for hydroxylation is 3. The molecule has 0 bridgehead atoms. The van der Waals surface area contributed by atoms with Crippen molar-refractivity contribution in [2.24, 2.45) is 0 Å². The number of ether oxygens (including phenoxy) is 2. The molecular formula is C33H32O3. The van der Waals surface area contributed by atoms with Gasteiger partial charge in [0.15, 0.2) is 5.60 Å². The van der Waals surface area contributed by atoms with Gasteiger partial charge in [-0.1, -0.05) is 65.7 Å². The molecule has 36 heavy (non-hydrogen) atoms. The van der Waals surface area contributed by atoms with Crippen LogP contribution < -0.4 is 9.47 Å². The smallest absolute Gasteiger partial charge is 0.178 e. The van der Waals surface area contributed by atoms with Gasteiger partial charge in [-0.25, -0.2) is 0 Å². The Labute approximate surface area is 213 Å². The van der Waals surface area contributed by atoms with E-state index >= 15 is 0 Å². The largest absolute Gasteiger partial charge is 0.487 e. The SMILES string of the molecule is Cc1ccc(C2(c3ccc(C)cc3)C=Cc3c(CO)cc4c5c(c(C)cc4c3O2)CC(C)(C)O5)cc1. The molecule has 6 rings (SSSR count). The van der Waals surface area contributed by atoms with Crippen LogP contribution in [0.4, 0.5) is 0 Å². The molecule has 0 atom stereocenters. The molecule has 2 aliphatic heterocycles. The van der Waals surface area contributed by atoms with Crippen LogP contribution in [0.2, 0.25) is 0 Å². The van der Waals surface area contributed by atoms with E-state index in [-0.39, 0.29) is 12.2 Å². The minimum Gasteiger partial charge on any atom is -0.487 e. The number of rotatable bonds is 3. The summed E-state index contributed by atoms with van der Waals surface area (Å²) in [4.78, 5) is 0. The molecule has 0 saturated heterocycles. The van der Waals surface area contributed by atoms with Crippen LogP contribution in [0, 0.1) is 20.8 Å². The fourth-order valence-electron chi connectivity index (χ4n) is 5.69. The third kappa shape index (κ3) is 3.45. The van der Waals surface area contributed by atoms with E-state index in [0.29, 0.717) is 0 Å². The highest BCUT2D eigenvalue weighted by Crippen LogP contribution is 2.50. The Kier molecular flexibility index (Phi) is 5.07. The molecule has 4 aromatic rings. The molecule has 0 spiro atoms. The lowest BCUT2D eigenvalue weighted by Gasteiger charge is -2.37. The second-order valence-electron chi connectivity index (χ2n) is 11.0. The van der Waals surface area contributed by atoms with Gasteiger partial charge in [0.25, 0.3) is 0 Å². The Morgan fingerprint density at radius 2 is 1.36 bits per heavy atom. The average Bonchev–Trinajstić information content (AvgIpc) is 3.20. The highest BCUT2D eigenvalue weighted by molar-refractivity contribution is 5.99. The van der Waals surface area contributed by atoms with Crippen LogP contribution in [0.25, 0.3) is 16.8 Å². The lowest BCUT2D eigenvalue weighted by atomic mass is 9.82. The molecule has 0 radical (unpaired) electrons. The van der Waals surface area contributed by atoms with Gasteiger partial charge in [0, 0.05) is 39.4 Å². The predicted molar refractivity (Wildman–Crippen MR) is 146 cm³/mol. The minimum absolute atomic E-state index is 0.0694. The normalized spacial score (nSPS) is 16.8. The molecule has 2 aliphatic rings. The second kappa shape index (κ2) is 7.97. The maximum atomic E-state index is 10.4. The van der Waals surface area contributed by atoms with Crippen molar-refractivity contribution in [2.45, 2.75) is 58.8 Å². The predicted octanol–water partition coefficient (Wildman–Crippen LogP) is 7.32. The highest BCUT2D eigenvalue weighted by atomic mass is 16.5. The summed E-state index contributed by atoms with van der Waals surface area (Å²) in [6.45, 7) is 10.5. The van der Waals surface area contributed by atoms with E-state index in [0.717, 1.165) is 50.9 Å². The Hall–Kier alpha value is -3.56. The van der Waals surface area contributed by atoms with Crippen LogP contribution in [-0.2, 0) is 18.6 Å². The second-order valence-corrected chi connectivity index (χ2v) is 11.0. The van der Waals surface area contributed by atoms with Crippen molar-refractivity contribution in [3.05, 3.63) is 111 Å². The van der Waals surface area contributed by atoms with Crippen molar-refractivity contribution in [3.63, 3.8) is 0 Å². The van der Waals surface area contributed by atoms with E-state index in [1.807, 2.05) is 0 Å². The van der Waals surface area contributed by atoms with Crippen molar-refractivity contribution in [3.8, 4) is 11.5 Å². The Balaban J connectivity index is 1.64. The number of aliphatic hydroxyl groups excluding tert-OH is 1. The Morgan fingerprint density at radius 1 is 0.778 bits per heavy atom. The number of benzene rings is 4. The fraction of sp³-hybridized carbons (Fsp3) is 0.273. The molecule has 0 unspecified atom stereocenters. The quantitative estimate of drug-likeness (QED) is 0.337. The molecule has 4 aromatic carbocycles. The van der Waals surface area contributed by atoms with Gasteiger partial charge in [0.05, 0.1) is 6.61 Å². The number of fused-ring (bicyclic) bond motifs is 5. The Bertz CT molecular complexity index is 1480. The lowest BCUT2D eigenvalue weighted by Crippen LogP contribution is -2.34. The summed E-state index contributed by atoms with van der Waals surface area (Å²) < 4.78 is 13.6. The molecular weight excluding hydrogens is 444 g/mol. The molecule has 3 heteroatoms. The van der Waals surface area contributed by atoms with Gasteiger partial charge in [0.2, 0.25) is 0 Å². The molecule has 1 N–H and O–H groups in total. The first-order valence-corrected chi connectivity index (χ1v) is 12.7. The minimum atomic E-state index is -0.789. The van der Waals surface area contributed by atoms with Gasteiger partial charge >= 0.3 is 0 Å². The van der Waals surface area contributed by atoms with Crippen molar-refractivity contribution < 1.29 is 14.6 Å². The summed E-state index contributed by atoms with van der Waals surface area (Å²) >= 11 is 0. The summed E-state index contributed by atoms with van der Waals surface area (Å²) in [5.74, 6) is 1.71. The van der Waals surface area contributed by atoms with E-state index < -0.39 is 5.60 Å². The molecule has 0 fully saturated rings. The number of hydrogen-bond acceptors (Lipinski definition) is 3. The molecule has 182 valence electrons. The van der Waals surface area contributed by atoms with E-state index in [2.05, 4.69) is 107 Å². The van der Waals surface area contributed by atoms with Crippen LogP contribution >= 0.6 is 0 Å². The maximum Gasteiger partial charge on any atom is 0.178 e. The van der Waals surface area contributed by atoms with Crippen LogP contribution in [-0.4, -0.2) is 10.7 Å². The molecule has 0 aromatic heterocycles. The van der Waals surface area contributed by atoms with Crippen molar-refractivity contribution in [1.29, 1.82) is 0 Å². The number of aliphatic hydroxyl groups is 1. The van der Waals surface area contributed by atoms with Crippen LogP contribution in [0.5, 0.6) is 11.5 Å². The van der Waals surface area contributed by atoms with E-state index in [1.54, 1.807) is 0 Å². The van der Waals surface area contributed by atoms with Crippen molar-refractivity contribution in [2.75, 3.05) is 0 Å². The first kappa shape index (κ1) is 22.9. The topological polar surface area (TPSA) is 38.7 Å². The average molecular weight is 477 g/mol. The first-order valence-electron chi connectivity index (χ1n) is 12.7. The summed E-state index contributed by atoms with van der Waals surface area (Å²) in [6.07, 6.45) is 5.12. The van der Waals surface area contributed by atoms with Crippen LogP contribution in [0.3, 0.4) is 0 Å². The van der Waals surface area contributed by atoms with E-state index in [9.17, 15) is 5.11 Å². The zero-order valence-corrected chi connectivity index (χ0v) is 21.6.